The van der Waals surface area contributed by atoms with Crippen molar-refractivity contribution in [3.8, 4) is 0 Å². The number of fused-ring (bicyclic) bond motifs is 7. The lowest BCUT2D eigenvalue weighted by Crippen LogP contribution is -1.84. The van der Waals surface area contributed by atoms with E-state index in [0.29, 0.717) is 0 Å². The van der Waals surface area contributed by atoms with E-state index in [-0.39, 0.29) is 0 Å². The molecule has 0 unspecified atom stereocenters. The molecule has 0 aliphatic carbocycles. The summed E-state index contributed by atoms with van der Waals surface area (Å²) in [5, 5.41) is 8.22. The standard InChI is InChI=1S/C25H22S/c1-2-3-4-7-17-10-12-21-23-15-14-20-19-9-6-5-8-18(19)11-13-22(20)25(23)26-24(21)16-17/h5-6,8-16H,2-4,7H2,1H3. The summed E-state index contributed by atoms with van der Waals surface area (Å²) in [6, 6.07) is 25.0. The molecule has 5 aromatic rings. The van der Waals surface area contributed by atoms with Crippen molar-refractivity contribution in [3.63, 3.8) is 0 Å². The fourth-order valence-corrected chi connectivity index (χ4v) is 5.40. The summed E-state index contributed by atoms with van der Waals surface area (Å²) < 4.78 is 2.85. The fraction of sp³-hybridized carbons (Fsp3) is 0.200. The van der Waals surface area contributed by atoms with E-state index in [4.69, 9.17) is 0 Å². The highest BCUT2D eigenvalue weighted by molar-refractivity contribution is 7.26. The maximum atomic E-state index is 2.42. The van der Waals surface area contributed by atoms with Crippen LogP contribution in [-0.2, 0) is 6.42 Å². The molecule has 128 valence electrons. The van der Waals surface area contributed by atoms with Crippen molar-refractivity contribution in [2.24, 2.45) is 0 Å². The van der Waals surface area contributed by atoms with Crippen LogP contribution in [-0.4, -0.2) is 0 Å². The average Bonchev–Trinajstić information content (AvgIpc) is 3.06. The SMILES string of the molecule is CCCCCc1ccc2c(c1)sc1c2ccc2c3ccccc3ccc21. The van der Waals surface area contributed by atoms with Crippen LogP contribution in [0.3, 0.4) is 0 Å². The van der Waals surface area contributed by atoms with E-state index < -0.39 is 0 Å². The van der Waals surface area contributed by atoms with Crippen LogP contribution in [0.25, 0.3) is 41.7 Å². The molecule has 0 spiro atoms. The summed E-state index contributed by atoms with van der Waals surface area (Å²) in [4.78, 5) is 0. The van der Waals surface area contributed by atoms with Gasteiger partial charge < -0.3 is 0 Å². The van der Waals surface area contributed by atoms with Crippen molar-refractivity contribution in [2.75, 3.05) is 0 Å². The lowest BCUT2D eigenvalue weighted by molar-refractivity contribution is 0.718. The van der Waals surface area contributed by atoms with Crippen LogP contribution >= 0.6 is 11.3 Å². The lowest BCUT2D eigenvalue weighted by atomic mass is 9.99. The van der Waals surface area contributed by atoms with Crippen molar-refractivity contribution in [1.29, 1.82) is 0 Å². The topological polar surface area (TPSA) is 0 Å². The molecule has 0 radical (unpaired) electrons. The van der Waals surface area contributed by atoms with E-state index in [9.17, 15) is 0 Å². The molecule has 0 fully saturated rings. The summed E-state index contributed by atoms with van der Waals surface area (Å²) in [5.74, 6) is 0. The second-order valence-corrected chi connectivity index (χ2v) is 8.27. The second kappa shape index (κ2) is 6.41. The Morgan fingerprint density at radius 2 is 1.46 bits per heavy atom. The van der Waals surface area contributed by atoms with Crippen molar-refractivity contribution < 1.29 is 0 Å². The Balaban J connectivity index is 1.73. The van der Waals surface area contributed by atoms with Crippen LogP contribution in [0.5, 0.6) is 0 Å². The molecule has 0 saturated heterocycles. The summed E-state index contributed by atoms with van der Waals surface area (Å²) >= 11 is 1.95. The minimum atomic E-state index is 1.20. The number of thiophene rings is 1. The van der Waals surface area contributed by atoms with Gasteiger partial charge in [-0.15, -0.1) is 11.3 Å². The van der Waals surface area contributed by atoms with E-state index in [1.807, 2.05) is 11.3 Å². The molecule has 0 aliphatic heterocycles. The van der Waals surface area contributed by atoms with Crippen molar-refractivity contribution in [1.82, 2.24) is 0 Å². The highest BCUT2D eigenvalue weighted by Gasteiger charge is 2.10. The maximum Gasteiger partial charge on any atom is 0.0434 e. The van der Waals surface area contributed by atoms with E-state index in [2.05, 4.69) is 73.7 Å². The highest BCUT2D eigenvalue weighted by Crippen LogP contribution is 2.40. The number of unbranched alkanes of at least 4 members (excludes halogenated alkanes) is 2. The first kappa shape index (κ1) is 15.8. The predicted octanol–water partition coefficient (Wildman–Crippen LogP) is 8.09. The second-order valence-electron chi connectivity index (χ2n) is 7.21. The van der Waals surface area contributed by atoms with Gasteiger partial charge in [0.25, 0.3) is 0 Å². The van der Waals surface area contributed by atoms with Crippen LogP contribution < -0.4 is 0 Å². The molecule has 0 saturated carbocycles. The largest absolute Gasteiger partial charge is 0.135 e. The molecular weight excluding hydrogens is 332 g/mol. The first-order valence-electron chi connectivity index (χ1n) is 9.61. The first-order valence-corrected chi connectivity index (χ1v) is 10.4. The third-order valence-corrected chi connectivity index (χ3v) is 6.70. The van der Waals surface area contributed by atoms with Crippen LogP contribution in [0.15, 0.2) is 66.7 Å². The molecule has 0 N–H and O–H groups in total. The number of hydrogen-bond donors (Lipinski definition) is 0. The molecule has 0 atom stereocenters. The van der Waals surface area contributed by atoms with Gasteiger partial charge in [-0.05, 0) is 40.6 Å². The highest BCUT2D eigenvalue weighted by atomic mass is 32.1. The quantitative estimate of drug-likeness (QED) is 0.226. The molecule has 0 amide bonds. The van der Waals surface area contributed by atoms with Gasteiger partial charge >= 0.3 is 0 Å². The molecule has 5 rings (SSSR count). The van der Waals surface area contributed by atoms with Gasteiger partial charge in [-0.1, -0.05) is 80.4 Å². The number of hydrogen-bond acceptors (Lipinski definition) is 1. The summed E-state index contributed by atoms with van der Waals surface area (Å²) in [7, 11) is 0. The summed E-state index contributed by atoms with van der Waals surface area (Å²) in [5.41, 5.74) is 1.48. The Kier molecular flexibility index (Phi) is 3.90. The van der Waals surface area contributed by atoms with Gasteiger partial charge in [-0.25, -0.2) is 0 Å². The predicted molar refractivity (Wildman–Crippen MR) is 118 cm³/mol. The Morgan fingerprint density at radius 1 is 0.692 bits per heavy atom. The number of aryl methyl sites for hydroxylation is 1. The molecule has 0 bridgehead atoms. The molecule has 1 aromatic heterocycles. The zero-order valence-corrected chi connectivity index (χ0v) is 15.9. The van der Waals surface area contributed by atoms with Crippen LogP contribution in [0.1, 0.15) is 31.7 Å². The van der Waals surface area contributed by atoms with Crippen molar-refractivity contribution in [3.05, 3.63) is 72.3 Å². The van der Waals surface area contributed by atoms with Crippen LogP contribution in [0.4, 0.5) is 0 Å². The normalized spacial score (nSPS) is 11.9. The Morgan fingerprint density at radius 3 is 2.38 bits per heavy atom. The van der Waals surface area contributed by atoms with Crippen molar-refractivity contribution in [2.45, 2.75) is 32.6 Å². The van der Waals surface area contributed by atoms with Crippen LogP contribution in [0.2, 0.25) is 0 Å². The molecule has 0 nitrogen and oxygen atoms in total. The molecule has 1 heterocycles. The number of benzene rings is 4. The minimum Gasteiger partial charge on any atom is -0.135 e. The third-order valence-electron chi connectivity index (χ3n) is 5.49. The Bertz CT molecular complexity index is 1240. The molecule has 0 aliphatic rings. The number of rotatable bonds is 4. The summed E-state index contributed by atoms with van der Waals surface area (Å²) in [6.45, 7) is 2.27. The van der Waals surface area contributed by atoms with Gasteiger partial charge in [-0.2, -0.15) is 0 Å². The molecule has 1 heteroatoms. The van der Waals surface area contributed by atoms with Gasteiger partial charge in [0.05, 0.1) is 0 Å². The van der Waals surface area contributed by atoms with Gasteiger partial charge in [0.15, 0.2) is 0 Å². The minimum absolute atomic E-state index is 1.20. The van der Waals surface area contributed by atoms with E-state index in [1.54, 1.807) is 0 Å². The van der Waals surface area contributed by atoms with E-state index in [1.165, 1.54) is 73.0 Å². The maximum absolute atomic E-state index is 2.42. The van der Waals surface area contributed by atoms with Crippen molar-refractivity contribution >= 4 is 53.1 Å². The molecular formula is C25H22S. The Labute approximate surface area is 158 Å². The smallest absolute Gasteiger partial charge is 0.0434 e. The zero-order chi connectivity index (χ0) is 17.5. The Hall–Kier alpha value is -2.38. The molecule has 26 heavy (non-hydrogen) atoms. The van der Waals surface area contributed by atoms with E-state index >= 15 is 0 Å². The van der Waals surface area contributed by atoms with E-state index in [0.717, 1.165) is 0 Å². The fourth-order valence-electron chi connectivity index (χ4n) is 4.10. The van der Waals surface area contributed by atoms with Gasteiger partial charge in [-0.3, -0.25) is 0 Å². The first-order chi connectivity index (χ1) is 12.8. The zero-order valence-electron chi connectivity index (χ0n) is 15.1. The van der Waals surface area contributed by atoms with Gasteiger partial charge in [0, 0.05) is 25.6 Å². The summed E-state index contributed by atoms with van der Waals surface area (Å²) in [6.07, 6.45) is 5.10. The average molecular weight is 355 g/mol. The monoisotopic (exact) mass is 354 g/mol. The van der Waals surface area contributed by atoms with Gasteiger partial charge in [0.1, 0.15) is 0 Å². The van der Waals surface area contributed by atoms with Gasteiger partial charge in [0.2, 0.25) is 0 Å². The third kappa shape index (κ3) is 2.50. The molecule has 4 aromatic carbocycles. The van der Waals surface area contributed by atoms with Crippen LogP contribution in [0, 0.1) is 0 Å². The lowest BCUT2D eigenvalue weighted by Gasteiger charge is -2.05.